The fourth-order valence-corrected chi connectivity index (χ4v) is 6.31. The average molecular weight is 529 g/mol. The maximum Gasteiger partial charge on any atom is 0.165 e. The van der Waals surface area contributed by atoms with E-state index >= 15 is 0 Å². The summed E-state index contributed by atoms with van der Waals surface area (Å²) in [5.41, 5.74) is 2.66. The lowest BCUT2D eigenvalue weighted by atomic mass is 9.99. The average Bonchev–Trinajstić information content (AvgIpc) is 3.29. The van der Waals surface area contributed by atoms with Gasteiger partial charge in [-0.2, -0.15) is 0 Å². The van der Waals surface area contributed by atoms with Gasteiger partial charge in [-0.3, -0.25) is 4.98 Å². The number of nitrogens with zero attached hydrogens (tertiary/aromatic N) is 6. The molecule has 0 N–H and O–H groups in total. The first-order valence-corrected chi connectivity index (χ1v) is 14.5. The third-order valence-electron chi connectivity index (χ3n) is 6.93. The summed E-state index contributed by atoms with van der Waals surface area (Å²) in [5.74, 6) is 1.01. The van der Waals surface area contributed by atoms with Crippen LogP contribution in [0.15, 0.2) is 30.9 Å². The molecule has 11 heteroatoms. The highest BCUT2D eigenvalue weighted by molar-refractivity contribution is 7.91. The predicted molar refractivity (Wildman–Crippen MR) is 140 cm³/mol. The molecular weight excluding hydrogens is 492 g/mol. The second-order valence-electron chi connectivity index (χ2n) is 9.73. The maximum absolute atomic E-state index is 13.7. The van der Waals surface area contributed by atoms with Gasteiger partial charge in [0.15, 0.2) is 21.5 Å². The van der Waals surface area contributed by atoms with E-state index in [9.17, 15) is 8.42 Å². The standard InChI is InChI=1S/C26H36N6O4S/c1-6-21(22-9-7-8-10-36-22)32-23(30-31-26(32)20-11-17(2)12-27-15-20)16-37(33,34)19(4)24(35-5)25-28-13-18(3)14-29-25/h11-15,19,21-22,24H,6-10,16H2,1-5H3/t19-,21-,22-,24-/m0/s1. The van der Waals surface area contributed by atoms with Gasteiger partial charge in [0.05, 0.1) is 17.4 Å². The van der Waals surface area contributed by atoms with Crippen LogP contribution >= 0.6 is 0 Å². The molecule has 37 heavy (non-hydrogen) atoms. The summed E-state index contributed by atoms with van der Waals surface area (Å²) in [7, 11) is -2.27. The van der Waals surface area contributed by atoms with E-state index in [0.29, 0.717) is 24.1 Å². The molecule has 3 aromatic heterocycles. The molecule has 4 heterocycles. The monoisotopic (exact) mass is 528 g/mol. The molecule has 10 nitrogen and oxygen atoms in total. The van der Waals surface area contributed by atoms with Gasteiger partial charge in [0, 0.05) is 44.1 Å². The van der Waals surface area contributed by atoms with Crippen LogP contribution in [-0.2, 0) is 25.1 Å². The Morgan fingerprint density at radius 2 is 1.86 bits per heavy atom. The molecule has 1 aliphatic rings. The van der Waals surface area contributed by atoms with Crippen molar-refractivity contribution in [2.75, 3.05) is 13.7 Å². The first-order chi connectivity index (χ1) is 17.7. The number of aromatic nitrogens is 6. The number of hydrogen-bond acceptors (Lipinski definition) is 9. The Balaban J connectivity index is 1.73. The molecule has 1 saturated heterocycles. The summed E-state index contributed by atoms with van der Waals surface area (Å²) in [6.07, 6.45) is 9.71. The number of rotatable bonds is 10. The van der Waals surface area contributed by atoms with Gasteiger partial charge < -0.3 is 14.0 Å². The second kappa shape index (κ2) is 11.7. The number of ether oxygens (including phenoxy) is 2. The topological polar surface area (TPSA) is 122 Å². The fourth-order valence-electron chi connectivity index (χ4n) is 4.88. The minimum atomic E-state index is -3.74. The number of sulfone groups is 1. The Morgan fingerprint density at radius 3 is 2.49 bits per heavy atom. The van der Waals surface area contributed by atoms with E-state index in [2.05, 4.69) is 32.1 Å². The van der Waals surface area contributed by atoms with Gasteiger partial charge in [-0.05, 0) is 63.6 Å². The van der Waals surface area contributed by atoms with Gasteiger partial charge in [0.2, 0.25) is 0 Å². The van der Waals surface area contributed by atoms with Gasteiger partial charge in [-0.15, -0.1) is 10.2 Å². The molecule has 0 aromatic carbocycles. The molecule has 4 atom stereocenters. The van der Waals surface area contributed by atoms with Crippen molar-refractivity contribution in [3.8, 4) is 11.4 Å². The van der Waals surface area contributed by atoms with Crippen LogP contribution in [0, 0.1) is 13.8 Å². The normalized spacial score (nSPS) is 18.9. The van der Waals surface area contributed by atoms with E-state index in [1.54, 1.807) is 31.7 Å². The molecule has 0 saturated carbocycles. The minimum Gasteiger partial charge on any atom is -0.376 e. The second-order valence-corrected chi connectivity index (χ2v) is 12.1. The van der Waals surface area contributed by atoms with Crippen LogP contribution < -0.4 is 0 Å². The van der Waals surface area contributed by atoms with E-state index < -0.39 is 21.2 Å². The van der Waals surface area contributed by atoms with Crippen LogP contribution in [0.4, 0.5) is 0 Å². The third kappa shape index (κ3) is 6.05. The predicted octanol–water partition coefficient (Wildman–Crippen LogP) is 3.96. The van der Waals surface area contributed by atoms with Gasteiger partial charge in [0.25, 0.3) is 0 Å². The number of hydrogen-bond donors (Lipinski definition) is 0. The molecule has 0 spiro atoms. The smallest absolute Gasteiger partial charge is 0.165 e. The quantitative estimate of drug-likeness (QED) is 0.385. The van der Waals surface area contributed by atoms with Crippen LogP contribution in [-0.4, -0.2) is 63.2 Å². The highest BCUT2D eigenvalue weighted by atomic mass is 32.2. The maximum atomic E-state index is 13.7. The van der Waals surface area contributed by atoms with Gasteiger partial charge >= 0.3 is 0 Å². The Bertz CT molecular complexity index is 1290. The van der Waals surface area contributed by atoms with Crippen molar-refractivity contribution >= 4 is 9.84 Å². The Labute approximate surface area is 218 Å². The van der Waals surface area contributed by atoms with E-state index in [4.69, 9.17) is 9.47 Å². The van der Waals surface area contributed by atoms with Crippen LogP contribution in [0.25, 0.3) is 11.4 Å². The van der Waals surface area contributed by atoms with Crippen molar-refractivity contribution in [2.24, 2.45) is 0 Å². The lowest BCUT2D eigenvalue weighted by Gasteiger charge is -2.32. The zero-order valence-corrected chi connectivity index (χ0v) is 23.0. The number of pyridine rings is 1. The molecule has 1 aliphatic heterocycles. The van der Waals surface area contributed by atoms with E-state index in [0.717, 1.165) is 42.4 Å². The van der Waals surface area contributed by atoms with Gasteiger partial charge in [-0.1, -0.05) is 6.92 Å². The summed E-state index contributed by atoms with van der Waals surface area (Å²) < 4.78 is 41.1. The molecule has 0 amide bonds. The fraction of sp³-hybridized carbons (Fsp3) is 0.577. The lowest BCUT2D eigenvalue weighted by Crippen LogP contribution is -2.33. The highest BCUT2D eigenvalue weighted by Gasteiger charge is 2.36. The molecule has 0 radical (unpaired) electrons. The lowest BCUT2D eigenvalue weighted by molar-refractivity contribution is -0.0179. The van der Waals surface area contributed by atoms with Crippen molar-refractivity contribution in [2.45, 2.75) is 82.6 Å². The van der Waals surface area contributed by atoms with Crippen molar-refractivity contribution in [3.05, 3.63) is 53.6 Å². The van der Waals surface area contributed by atoms with Crippen LogP contribution in [0.2, 0.25) is 0 Å². The van der Waals surface area contributed by atoms with Gasteiger partial charge in [0.1, 0.15) is 17.7 Å². The van der Waals surface area contributed by atoms with E-state index in [-0.39, 0.29) is 17.9 Å². The molecule has 0 unspecified atom stereocenters. The van der Waals surface area contributed by atoms with Crippen molar-refractivity contribution in [1.29, 1.82) is 0 Å². The molecule has 1 fully saturated rings. The third-order valence-corrected chi connectivity index (χ3v) is 8.97. The summed E-state index contributed by atoms with van der Waals surface area (Å²) >= 11 is 0. The van der Waals surface area contributed by atoms with Crippen LogP contribution in [0.3, 0.4) is 0 Å². The molecule has 200 valence electrons. The SMILES string of the molecule is CC[C@@H]([C@@H]1CCCCO1)n1c(CS(=O)(=O)[C@@H](C)[C@H](OC)c2ncc(C)cn2)nnc1-c1cncc(C)c1. The van der Waals surface area contributed by atoms with Crippen LogP contribution in [0.1, 0.15) is 74.5 Å². The Kier molecular flexibility index (Phi) is 8.66. The molecule has 0 aliphatic carbocycles. The Morgan fingerprint density at radius 1 is 1.11 bits per heavy atom. The summed E-state index contributed by atoms with van der Waals surface area (Å²) in [6, 6.07) is 1.88. The first kappa shape index (κ1) is 27.3. The number of methoxy groups -OCH3 is 1. The number of aryl methyl sites for hydroxylation is 2. The van der Waals surface area contributed by atoms with E-state index in [1.165, 1.54) is 7.11 Å². The zero-order chi connectivity index (χ0) is 26.6. The Hall–Kier alpha value is -2.76. The first-order valence-electron chi connectivity index (χ1n) is 12.8. The summed E-state index contributed by atoms with van der Waals surface area (Å²) in [4.78, 5) is 12.9. The molecule has 3 aromatic rings. The summed E-state index contributed by atoms with van der Waals surface area (Å²) in [5, 5.41) is 7.96. The van der Waals surface area contributed by atoms with Crippen molar-refractivity contribution in [3.63, 3.8) is 0 Å². The van der Waals surface area contributed by atoms with Gasteiger partial charge in [-0.25, -0.2) is 18.4 Å². The van der Waals surface area contributed by atoms with Crippen molar-refractivity contribution < 1.29 is 17.9 Å². The summed E-state index contributed by atoms with van der Waals surface area (Å²) in [6.45, 7) is 8.24. The van der Waals surface area contributed by atoms with Crippen molar-refractivity contribution in [1.82, 2.24) is 29.7 Å². The highest BCUT2D eigenvalue weighted by Crippen LogP contribution is 2.33. The molecule has 4 rings (SSSR count). The minimum absolute atomic E-state index is 0.0437. The largest absolute Gasteiger partial charge is 0.376 e. The molecular formula is C26H36N6O4S. The zero-order valence-electron chi connectivity index (χ0n) is 22.2. The molecule has 0 bridgehead atoms. The van der Waals surface area contributed by atoms with E-state index in [1.807, 2.05) is 24.5 Å². The van der Waals surface area contributed by atoms with Crippen LogP contribution in [0.5, 0.6) is 0 Å².